The second kappa shape index (κ2) is 10.4. The lowest BCUT2D eigenvalue weighted by Gasteiger charge is -2.45. The van der Waals surface area contributed by atoms with Gasteiger partial charge in [-0.05, 0) is 93.2 Å². The maximum absolute atomic E-state index is 6.77. The van der Waals surface area contributed by atoms with Crippen molar-refractivity contribution in [1.29, 1.82) is 0 Å². The normalized spacial score (nSPS) is 21.6. The Hall–Kier alpha value is -5.31. The van der Waals surface area contributed by atoms with E-state index >= 15 is 0 Å². The number of nitrogens with zero attached hydrogens (tertiary/aromatic N) is 4. The van der Waals surface area contributed by atoms with Crippen LogP contribution in [0.1, 0.15) is 55.6 Å². The van der Waals surface area contributed by atoms with Gasteiger partial charge in [0.2, 0.25) is 11.7 Å². The van der Waals surface area contributed by atoms with Gasteiger partial charge in [0.25, 0.3) is 5.90 Å². The molecule has 3 heterocycles. The van der Waals surface area contributed by atoms with Gasteiger partial charge in [0.15, 0.2) is 0 Å². The van der Waals surface area contributed by atoms with Gasteiger partial charge in [-0.1, -0.05) is 70.9 Å². The van der Waals surface area contributed by atoms with E-state index in [2.05, 4.69) is 57.1 Å². The fraction of sp³-hybridized carbons (Fsp3) is 0.250. The minimum atomic E-state index is -1.98. The molecule has 2 unspecified atom stereocenters. The SMILES string of the molecule is COc1ccc(C2=NN3C(c4c(C)cc(C)cc4C)=NOC3(c3ccccc3)C3(ON=C(c4c(C)cc(C)cc4C)O3)O2)cc1. The molecular formula is C36H34N4O5. The van der Waals surface area contributed by atoms with Crippen LogP contribution in [0.3, 0.4) is 0 Å². The first-order chi connectivity index (χ1) is 21.7. The fourth-order valence-electron chi connectivity index (χ4n) is 6.55. The van der Waals surface area contributed by atoms with Gasteiger partial charge in [-0.15, -0.1) is 5.10 Å². The third kappa shape index (κ3) is 4.33. The number of aryl methyl sites for hydroxylation is 6. The van der Waals surface area contributed by atoms with Crippen LogP contribution in [0.4, 0.5) is 0 Å². The van der Waals surface area contributed by atoms with Gasteiger partial charge in [-0.3, -0.25) is 0 Å². The Labute approximate surface area is 262 Å². The molecule has 1 spiro atoms. The van der Waals surface area contributed by atoms with E-state index in [0.29, 0.717) is 22.7 Å². The Morgan fingerprint density at radius 1 is 0.644 bits per heavy atom. The molecule has 228 valence electrons. The summed E-state index contributed by atoms with van der Waals surface area (Å²) in [7, 11) is 1.62. The molecule has 45 heavy (non-hydrogen) atoms. The number of methoxy groups -OCH3 is 1. The van der Waals surface area contributed by atoms with Crippen molar-refractivity contribution >= 4 is 17.6 Å². The van der Waals surface area contributed by atoms with Crippen LogP contribution in [0.2, 0.25) is 0 Å². The van der Waals surface area contributed by atoms with E-state index in [1.165, 1.54) is 0 Å². The number of oxime groups is 2. The summed E-state index contributed by atoms with van der Waals surface area (Å²) in [5, 5.41) is 16.0. The van der Waals surface area contributed by atoms with Gasteiger partial charge in [-0.25, -0.2) is 0 Å². The van der Waals surface area contributed by atoms with Crippen LogP contribution in [-0.4, -0.2) is 35.7 Å². The topological polar surface area (TPSA) is 86.5 Å². The number of hydrogen-bond acceptors (Lipinski definition) is 9. The molecular weight excluding hydrogens is 568 g/mol. The van der Waals surface area contributed by atoms with Gasteiger partial charge < -0.3 is 23.9 Å². The average Bonchev–Trinajstić information content (AvgIpc) is 3.60. The van der Waals surface area contributed by atoms with Crippen LogP contribution in [0.15, 0.2) is 94.3 Å². The number of fused-ring (bicyclic) bond motifs is 2. The highest BCUT2D eigenvalue weighted by Gasteiger charge is 2.76. The lowest BCUT2D eigenvalue weighted by atomic mass is 9.95. The van der Waals surface area contributed by atoms with E-state index in [1.807, 2.05) is 68.4 Å². The number of rotatable bonds is 5. The molecule has 2 atom stereocenters. The van der Waals surface area contributed by atoms with Gasteiger partial charge >= 0.3 is 11.7 Å². The molecule has 0 fully saturated rings. The average molecular weight is 603 g/mol. The number of amidine groups is 1. The van der Waals surface area contributed by atoms with Gasteiger partial charge in [-0.2, -0.15) is 5.01 Å². The van der Waals surface area contributed by atoms with Crippen molar-refractivity contribution in [3.63, 3.8) is 0 Å². The van der Waals surface area contributed by atoms with Crippen molar-refractivity contribution in [2.45, 2.75) is 53.2 Å². The summed E-state index contributed by atoms with van der Waals surface area (Å²) in [5.41, 5.74) is 7.69. The highest BCUT2D eigenvalue weighted by Crippen LogP contribution is 2.53. The maximum Gasteiger partial charge on any atom is 0.512 e. The molecule has 9 nitrogen and oxygen atoms in total. The van der Waals surface area contributed by atoms with E-state index in [9.17, 15) is 0 Å². The maximum atomic E-state index is 6.77. The van der Waals surface area contributed by atoms with E-state index in [-0.39, 0.29) is 11.8 Å². The molecule has 0 aliphatic carbocycles. The predicted molar refractivity (Wildman–Crippen MR) is 171 cm³/mol. The molecule has 9 heteroatoms. The van der Waals surface area contributed by atoms with Crippen molar-refractivity contribution in [2.75, 3.05) is 7.11 Å². The molecule has 7 rings (SSSR count). The predicted octanol–water partition coefficient (Wildman–Crippen LogP) is 6.85. The standard InChI is InChI=1S/C36H34N4O5/c1-21-17-23(3)30(24(4)18-21)32-38-44-35(28-11-9-8-10-12-28)36(42-33(37-40(32)35)27-13-15-29(41-7)16-14-27)43-34(39-45-36)31-25(5)19-22(2)20-26(31)6/h8-20H,1-7H3. The van der Waals surface area contributed by atoms with Gasteiger partial charge in [0.05, 0.1) is 7.11 Å². The van der Waals surface area contributed by atoms with Gasteiger partial charge in [0.1, 0.15) is 5.75 Å². The molecule has 3 aliphatic rings. The molecule has 0 amide bonds. The number of benzene rings is 4. The largest absolute Gasteiger partial charge is 0.512 e. The van der Waals surface area contributed by atoms with E-state index in [4.69, 9.17) is 34.1 Å². The smallest absolute Gasteiger partial charge is 0.497 e. The zero-order chi connectivity index (χ0) is 31.5. The van der Waals surface area contributed by atoms with E-state index in [0.717, 1.165) is 44.5 Å². The summed E-state index contributed by atoms with van der Waals surface area (Å²) in [5.74, 6) is -0.284. The highest BCUT2D eigenvalue weighted by molar-refractivity contribution is 6.05. The highest BCUT2D eigenvalue weighted by atomic mass is 17.0. The molecule has 0 N–H and O–H groups in total. The molecule has 4 aromatic carbocycles. The third-order valence-electron chi connectivity index (χ3n) is 8.37. The minimum Gasteiger partial charge on any atom is -0.497 e. The van der Waals surface area contributed by atoms with E-state index in [1.54, 1.807) is 12.1 Å². The molecule has 0 aromatic heterocycles. The summed E-state index contributed by atoms with van der Waals surface area (Å²) in [6.07, 6.45) is 0. The number of ether oxygens (including phenoxy) is 3. The molecule has 0 radical (unpaired) electrons. The summed E-state index contributed by atoms with van der Waals surface area (Å²) < 4.78 is 18.9. The Morgan fingerprint density at radius 3 is 1.82 bits per heavy atom. The van der Waals surface area contributed by atoms with Crippen molar-refractivity contribution in [1.82, 2.24) is 5.01 Å². The Balaban J connectivity index is 1.45. The minimum absolute atomic E-state index is 0.235. The van der Waals surface area contributed by atoms with Crippen molar-refractivity contribution < 1.29 is 23.9 Å². The van der Waals surface area contributed by atoms with Gasteiger partial charge in [0, 0.05) is 22.3 Å². The lowest BCUT2D eigenvalue weighted by molar-refractivity contribution is -0.419. The molecule has 0 saturated carbocycles. The van der Waals surface area contributed by atoms with Crippen LogP contribution in [0, 0.1) is 41.5 Å². The molecule has 0 saturated heterocycles. The lowest BCUT2D eigenvalue weighted by Crippen LogP contribution is -2.66. The Kier molecular flexibility index (Phi) is 6.58. The fourth-order valence-corrected chi connectivity index (χ4v) is 6.55. The summed E-state index contributed by atoms with van der Waals surface area (Å²) in [6, 6.07) is 25.4. The molecule has 4 aromatic rings. The molecule has 0 bridgehead atoms. The van der Waals surface area contributed by atoms with Crippen LogP contribution in [0.5, 0.6) is 5.75 Å². The summed E-state index contributed by atoms with van der Waals surface area (Å²) in [4.78, 5) is 12.8. The first kappa shape index (κ1) is 28.5. The summed E-state index contributed by atoms with van der Waals surface area (Å²) in [6.45, 7) is 12.3. The monoisotopic (exact) mass is 602 g/mol. The van der Waals surface area contributed by atoms with Crippen molar-refractivity contribution in [3.8, 4) is 5.75 Å². The quantitative estimate of drug-likeness (QED) is 0.249. The zero-order valence-electron chi connectivity index (χ0n) is 26.3. The number of hydrazone groups is 1. The van der Waals surface area contributed by atoms with E-state index < -0.39 is 11.7 Å². The van der Waals surface area contributed by atoms with Crippen molar-refractivity contribution in [3.05, 3.63) is 134 Å². The second-order valence-electron chi connectivity index (χ2n) is 11.8. The Morgan fingerprint density at radius 2 is 1.22 bits per heavy atom. The van der Waals surface area contributed by atoms with Crippen LogP contribution in [0.25, 0.3) is 0 Å². The first-order valence-electron chi connectivity index (χ1n) is 14.8. The third-order valence-corrected chi connectivity index (χ3v) is 8.37. The van der Waals surface area contributed by atoms with Crippen LogP contribution >= 0.6 is 0 Å². The summed E-state index contributed by atoms with van der Waals surface area (Å²) >= 11 is 0. The number of hydrogen-bond donors (Lipinski definition) is 0. The second-order valence-corrected chi connectivity index (χ2v) is 11.8. The van der Waals surface area contributed by atoms with Crippen LogP contribution < -0.4 is 4.74 Å². The van der Waals surface area contributed by atoms with Crippen molar-refractivity contribution in [2.24, 2.45) is 15.4 Å². The molecule has 3 aliphatic heterocycles. The Bertz CT molecular complexity index is 1870. The van der Waals surface area contributed by atoms with Crippen LogP contribution in [-0.2, 0) is 24.9 Å². The zero-order valence-corrected chi connectivity index (χ0v) is 26.3. The first-order valence-corrected chi connectivity index (χ1v) is 14.8.